The monoisotopic (exact) mass is 250 g/mol. The molecule has 0 aliphatic carbocycles. The van der Waals surface area contributed by atoms with Crippen molar-refractivity contribution in [3.63, 3.8) is 0 Å². The minimum atomic E-state index is 0.620. The topological polar surface area (TPSA) is 33.6 Å². The number of rotatable bonds is 4. The minimum absolute atomic E-state index is 0.620. The summed E-state index contributed by atoms with van der Waals surface area (Å²) >= 11 is 1.82. The van der Waals surface area contributed by atoms with Gasteiger partial charge in [-0.15, -0.1) is 0 Å². The molecule has 0 aromatic heterocycles. The molecular formula is C13H18N2OS. The number of nitrogens with one attached hydrogen (secondary N) is 1. The van der Waals surface area contributed by atoms with Gasteiger partial charge in [-0.25, -0.2) is 0 Å². The molecule has 1 aromatic rings. The van der Waals surface area contributed by atoms with Crippen LogP contribution < -0.4 is 10.1 Å². The maximum atomic E-state index is 5.20. The summed E-state index contributed by atoms with van der Waals surface area (Å²) in [6.07, 6.45) is 0.991. The molecular weight excluding hydrogens is 232 g/mol. The first kappa shape index (κ1) is 12.3. The molecule has 0 fully saturated rings. The van der Waals surface area contributed by atoms with Crippen LogP contribution in [-0.2, 0) is 6.42 Å². The van der Waals surface area contributed by atoms with Crippen LogP contribution in [-0.4, -0.2) is 30.6 Å². The maximum absolute atomic E-state index is 5.20. The van der Waals surface area contributed by atoms with E-state index in [1.54, 1.807) is 7.11 Å². The van der Waals surface area contributed by atoms with Gasteiger partial charge in [0.2, 0.25) is 0 Å². The number of hydrogen-bond donors (Lipinski definition) is 1. The van der Waals surface area contributed by atoms with Crippen LogP contribution in [0, 0.1) is 0 Å². The van der Waals surface area contributed by atoms with E-state index >= 15 is 0 Å². The normalized spacial score (nSPS) is 18.9. The minimum Gasteiger partial charge on any atom is -0.497 e. The number of methoxy groups -OCH3 is 1. The molecule has 0 radical (unpaired) electrons. The highest BCUT2D eigenvalue weighted by Crippen LogP contribution is 2.18. The molecule has 1 N–H and O–H groups in total. The number of benzene rings is 1. The van der Waals surface area contributed by atoms with Crippen LogP contribution in [0.1, 0.15) is 12.5 Å². The summed E-state index contributed by atoms with van der Waals surface area (Å²) < 4.78 is 5.20. The summed E-state index contributed by atoms with van der Waals surface area (Å²) in [4.78, 5) is 4.43. The Balaban J connectivity index is 1.78. The third-order valence-corrected chi connectivity index (χ3v) is 3.68. The second-order valence-electron chi connectivity index (χ2n) is 4.10. The van der Waals surface area contributed by atoms with Gasteiger partial charge in [-0.1, -0.05) is 30.8 Å². The fraction of sp³-hybridized carbons (Fsp3) is 0.462. The molecule has 1 atom stereocenters. The van der Waals surface area contributed by atoms with Crippen molar-refractivity contribution in [3.05, 3.63) is 29.8 Å². The Labute approximate surface area is 107 Å². The number of aliphatic imine (C=N–C) groups is 1. The van der Waals surface area contributed by atoms with Crippen molar-refractivity contribution in [1.82, 2.24) is 5.32 Å². The van der Waals surface area contributed by atoms with Crippen molar-refractivity contribution in [3.8, 4) is 5.75 Å². The molecule has 4 heteroatoms. The van der Waals surface area contributed by atoms with Crippen LogP contribution in [0.5, 0.6) is 5.75 Å². The SMILES string of the molecule is COc1cccc(CCNC2=NCC(C)S2)c1. The highest BCUT2D eigenvalue weighted by molar-refractivity contribution is 8.14. The fourth-order valence-electron chi connectivity index (χ4n) is 1.72. The smallest absolute Gasteiger partial charge is 0.156 e. The van der Waals surface area contributed by atoms with Gasteiger partial charge in [0.05, 0.1) is 13.7 Å². The van der Waals surface area contributed by atoms with Gasteiger partial charge in [-0.3, -0.25) is 4.99 Å². The van der Waals surface area contributed by atoms with Gasteiger partial charge in [0, 0.05) is 11.8 Å². The Bertz CT molecular complexity index is 406. The zero-order chi connectivity index (χ0) is 12.1. The molecule has 1 aromatic carbocycles. The lowest BCUT2D eigenvalue weighted by Gasteiger charge is -2.07. The molecule has 1 aliphatic heterocycles. The van der Waals surface area contributed by atoms with Gasteiger partial charge in [-0.05, 0) is 24.1 Å². The Morgan fingerprint density at radius 1 is 1.53 bits per heavy atom. The lowest BCUT2D eigenvalue weighted by atomic mass is 10.1. The molecule has 17 heavy (non-hydrogen) atoms. The molecule has 0 saturated heterocycles. The van der Waals surface area contributed by atoms with Crippen molar-refractivity contribution in [2.45, 2.75) is 18.6 Å². The van der Waals surface area contributed by atoms with Crippen molar-refractivity contribution in [2.24, 2.45) is 4.99 Å². The maximum Gasteiger partial charge on any atom is 0.156 e. The summed E-state index contributed by atoms with van der Waals surface area (Å²) in [5.41, 5.74) is 1.29. The molecule has 1 aliphatic rings. The van der Waals surface area contributed by atoms with Crippen LogP contribution in [0.25, 0.3) is 0 Å². The van der Waals surface area contributed by atoms with E-state index < -0.39 is 0 Å². The van der Waals surface area contributed by atoms with Crippen molar-refractivity contribution in [1.29, 1.82) is 0 Å². The first-order valence-electron chi connectivity index (χ1n) is 5.86. The Hall–Kier alpha value is -1.16. The second-order valence-corrected chi connectivity index (χ2v) is 5.53. The summed E-state index contributed by atoms with van der Waals surface area (Å²) in [5, 5.41) is 5.07. The molecule has 1 heterocycles. The van der Waals surface area contributed by atoms with E-state index in [4.69, 9.17) is 4.74 Å². The Morgan fingerprint density at radius 2 is 2.41 bits per heavy atom. The predicted octanol–water partition coefficient (Wildman–Crippen LogP) is 2.32. The van der Waals surface area contributed by atoms with E-state index in [1.165, 1.54) is 5.56 Å². The Morgan fingerprint density at radius 3 is 3.12 bits per heavy atom. The molecule has 0 amide bonds. The molecule has 3 nitrogen and oxygen atoms in total. The van der Waals surface area contributed by atoms with Gasteiger partial charge < -0.3 is 10.1 Å². The van der Waals surface area contributed by atoms with E-state index in [2.05, 4.69) is 29.4 Å². The van der Waals surface area contributed by atoms with Crippen LogP contribution in [0.4, 0.5) is 0 Å². The first-order chi connectivity index (χ1) is 8.28. The number of ether oxygens (including phenoxy) is 1. The van der Waals surface area contributed by atoms with Crippen LogP contribution >= 0.6 is 11.8 Å². The largest absolute Gasteiger partial charge is 0.497 e. The van der Waals surface area contributed by atoms with E-state index in [0.717, 1.165) is 30.4 Å². The van der Waals surface area contributed by atoms with Gasteiger partial charge in [0.1, 0.15) is 5.75 Å². The summed E-state index contributed by atoms with van der Waals surface area (Å²) in [7, 11) is 1.70. The van der Waals surface area contributed by atoms with E-state index in [0.29, 0.717) is 5.25 Å². The van der Waals surface area contributed by atoms with E-state index in [-0.39, 0.29) is 0 Å². The molecule has 0 spiro atoms. The van der Waals surface area contributed by atoms with Gasteiger partial charge in [0.15, 0.2) is 5.17 Å². The average Bonchev–Trinajstić information content (AvgIpc) is 2.75. The molecule has 0 bridgehead atoms. The number of thioether (sulfide) groups is 1. The average molecular weight is 250 g/mol. The van der Waals surface area contributed by atoms with E-state index in [1.807, 2.05) is 23.9 Å². The second kappa shape index (κ2) is 5.96. The van der Waals surface area contributed by atoms with Crippen LogP contribution in [0.2, 0.25) is 0 Å². The molecule has 1 unspecified atom stereocenters. The first-order valence-corrected chi connectivity index (χ1v) is 6.74. The third-order valence-electron chi connectivity index (χ3n) is 2.63. The van der Waals surface area contributed by atoms with Gasteiger partial charge in [0.25, 0.3) is 0 Å². The molecule has 0 saturated carbocycles. The Kier molecular flexibility index (Phi) is 4.31. The van der Waals surface area contributed by atoms with Crippen molar-refractivity contribution in [2.75, 3.05) is 20.2 Å². The van der Waals surface area contributed by atoms with Gasteiger partial charge in [-0.2, -0.15) is 0 Å². The fourth-order valence-corrected chi connectivity index (χ4v) is 2.58. The zero-order valence-electron chi connectivity index (χ0n) is 10.3. The molecule has 92 valence electrons. The molecule has 2 rings (SSSR count). The van der Waals surface area contributed by atoms with Crippen LogP contribution in [0.3, 0.4) is 0 Å². The zero-order valence-corrected chi connectivity index (χ0v) is 11.1. The predicted molar refractivity (Wildman–Crippen MR) is 74.1 cm³/mol. The standard InChI is InChI=1S/C13H18N2OS/c1-10-9-15-13(17-10)14-7-6-11-4-3-5-12(8-11)16-2/h3-5,8,10H,6-7,9H2,1-2H3,(H,14,15). The number of amidine groups is 1. The number of nitrogens with zero attached hydrogens (tertiary/aromatic N) is 1. The highest BCUT2D eigenvalue weighted by atomic mass is 32.2. The quantitative estimate of drug-likeness (QED) is 0.890. The summed E-state index contributed by atoms with van der Waals surface area (Å²) in [6, 6.07) is 8.19. The highest BCUT2D eigenvalue weighted by Gasteiger charge is 2.13. The summed E-state index contributed by atoms with van der Waals surface area (Å²) in [6.45, 7) is 4.06. The lowest BCUT2D eigenvalue weighted by Crippen LogP contribution is -2.22. The van der Waals surface area contributed by atoms with Crippen molar-refractivity contribution < 1.29 is 4.74 Å². The lowest BCUT2D eigenvalue weighted by molar-refractivity contribution is 0.414. The van der Waals surface area contributed by atoms with Crippen molar-refractivity contribution >= 4 is 16.9 Å². The summed E-state index contributed by atoms with van der Waals surface area (Å²) in [5.74, 6) is 0.920. The number of hydrogen-bond acceptors (Lipinski definition) is 4. The van der Waals surface area contributed by atoms with E-state index in [9.17, 15) is 0 Å². The van der Waals surface area contributed by atoms with Crippen LogP contribution in [0.15, 0.2) is 29.3 Å². The van der Waals surface area contributed by atoms with Gasteiger partial charge >= 0.3 is 0 Å². The third kappa shape index (κ3) is 3.66.